The second-order valence-corrected chi connectivity index (χ2v) is 4.81. The third kappa shape index (κ3) is 1.98. The third-order valence-electron chi connectivity index (χ3n) is 3.00. The van der Waals surface area contributed by atoms with Crippen molar-refractivity contribution in [2.24, 2.45) is 0 Å². The van der Waals surface area contributed by atoms with Crippen LogP contribution in [0.15, 0.2) is 29.6 Å². The van der Waals surface area contributed by atoms with Gasteiger partial charge in [0.05, 0.1) is 12.1 Å². The van der Waals surface area contributed by atoms with E-state index in [4.69, 9.17) is 4.74 Å². The highest BCUT2D eigenvalue weighted by molar-refractivity contribution is 7.17. The number of hydrogen-bond acceptors (Lipinski definition) is 3. The molecule has 0 radical (unpaired) electrons. The molecule has 0 saturated heterocycles. The maximum absolute atomic E-state index is 5.43. The summed E-state index contributed by atoms with van der Waals surface area (Å²) in [5.74, 6) is 0. The Bertz CT molecular complexity index is 466. The minimum atomic E-state index is 0.165. The molecule has 16 heavy (non-hydrogen) atoms. The van der Waals surface area contributed by atoms with Crippen LogP contribution in [0.2, 0.25) is 0 Å². The minimum absolute atomic E-state index is 0.165. The smallest absolute Gasteiger partial charge is 0.0738 e. The molecule has 2 rings (SSSR count). The number of hydrogen-bond donors (Lipinski definition) is 1. The van der Waals surface area contributed by atoms with Gasteiger partial charge in [0, 0.05) is 11.8 Å². The van der Waals surface area contributed by atoms with Crippen molar-refractivity contribution in [3.63, 3.8) is 0 Å². The fraction of sp³-hybridized carbons (Fsp3) is 0.385. The van der Waals surface area contributed by atoms with E-state index < -0.39 is 0 Å². The number of benzene rings is 1. The minimum Gasteiger partial charge on any atom is -0.380 e. The topological polar surface area (TPSA) is 21.3 Å². The SMILES string of the molecule is CNC(c1cccc2ccsc12)C(C)OC. The lowest BCUT2D eigenvalue weighted by Crippen LogP contribution is -2.28. The summed E-state index contributed by atoms with van der Waals surface area (Å²) in [6.07, 6.45) is 0.165. The van der Waals surface area contributed by atoms with Gasteiger partial charge >= 0.3 is 0 Å². The van der Waals surface area contributed by atoms with Crippen LogP contribution in [-0.2, 0) is 4.74 Å². The van der Waals surface area contributed by atoms with Crippen LogP contribution in [-0.4, -0.2) is 20.3 Å². The quantitative estimate of drug-likeness (QED) is 0.878. The molecule has 1 aromatic heterocycles. The van der Waals surface area contributed by atoms with Crippen LogP contribution >= 0.6 is 11.3 Å². The predicted molar refractivity (Wildman–Crippen MR) is 70.1 cm³/mol. The molecule has 0 spiro atoms. The fourth-order valence-corrected chi connectivity index (χ4v) is 2.99. The van der Waals surface area contributed by atoms with E-state index in [1.54, 1.807) is 18.4 Å². The predicted octanol–water partition coefficient (Wildman–Crippen LogP) is 3.20. The van der Waals surface area contributed by atoms with Gasteiger partial charge in [-0.1, -0.05) is 18.2 Å². The number of rotatable bonds is 4. The molecule has 2 nitrogen and oxygen atoms in total. The number of ether oxygens (including phenoxy) is 1. The van der Waals surface area contributed by atoms with Gasteiger partial charge in [-0.05, 0) is 36.4 Å². The Balaban J connectivity index is 2.48. The Hall–Kier alpha value is -0.900. The summed E-state index contributed by atoms with van der Waals surface area (Å²) in [4.78, 5) is 0. The van der Waals surface area contributed by atoms with E-state index in [0.717, 1.165) is 0 Å². The molecule has 0 aliphatic rings. The molecule has 0 fully saturated rings. The van der Waals surface area contributed by atoms with E-state index in [0.29, 0.717) is 0 Å². The zero-order chi connectivity index (χ0) is 11.5. The van der Waals surface area contributed by atoms with E-state index in [1.807, 2.05) is 7.05 Å². The van der Waals surface area contributed by atoms with Gasteiger partial charge in [-0.2, -0.15) is 0 Å². The van der Waals surface area contributed by atoms with E-state index >= 15 is 0 Å². The van der Waals surface area contributed by atoms with Crippen LogP contribution < -0.4 is 5.32 Å². The molecular formula is C13H17NOS. The number of likely N-dealkylation sites (N-methyl/N-ethyl adjacent to an activating group) is 1. The molecule has 0 bridgehead atoms. The van der Waals surface area contributed by atoms with Gasteiger partial charge in [-0.15, -0.1) is 11.3 Å². The zero-order valence-corrected chi connectivity index (χ0v) is 10.7. The highest BCUT2D eigenvalue weighted by atomic mass is 32.1. The van der Waals surface area contributed by atoms with Gasteiger partial charge < -0.3 is 10.1 Å². The summed E-state index contributed by atoms with van der Waals surface area (Å²) in [7, 11) is 3.73. The maximum Gasteiger partial charge on any atom is 0.0738 e. The molecule has 0 saturated carbocycles. The van der Waals surface area contributed by atoms with E-state index in [1.165, 1.54) is 15.6 Å². The maximum atomic E-state index is 5.43. The fourth-order valence-electron chi connectivity index (χ4n) is 2.04. The lowest BCUT2D eigenvalue weighted by atomic mass is 10.0. The first-order valence-electron chi connectivity index (χ1n) is 5.44. The van der Waals surface area contributed by atoms with Crippen molar-refractivity contribution in [1.29, 1.82) is 0 Å². The summed E-state index contributed by atoms with van der Waals surface area (Å²) in [5, 5.41) is 6.78. The Morgan fingerprint density at radius 2 is 2.12 bits per heavy atom. The Labute approximate surface area is 100 Å². The van der Waals surface area contributed by atoms with Crippen LogP contribution in [0.5, 0.6) is 0 Å². The highest BCUT2D eigenvalue weighted by Crippen LogP contribution is 2.30. The summed E-state index contributed by atoms with van der Waals surface area (Å²) in [6.45, 7) is 2.09. The van der Waals surface area contributed by atoms with Gasteiger partial charge in [0.25, 0.3) is 0 Å². The summed E-state index contributed by atoms with van der Waals surface area (Å²) in [5.41, 5.74) is 1.32. The van der Waals surface area contributed by atoms with Crippen molar-refractivity contribution in [3.05, 3.63) is 35.2 Å². The van der Waals surface area contributed by atoms with Crippen LogP contribution in [0.3, 0.4) is 0 Å². The van der Waals surface area contributed by atoms with Crippen LogP contribution in [0.1, 0.15) is 18.5 Å². The average molecular weight is 235 g/mol. The van der Waals surface area contributed by atoms with Crippen molar-refractivity contribution in [2.45, 2.75) is 19.1 Å². The van der Waals surface area contributed by atoms with Crippen LogP contribution in [0.25, 0.3) is 10.1 Å². The molecule has 2 unspecified atom stereocenters. The summed E-state index contributed by atoms with van der Waals surface area (Å²) >= 11 is 1.79. The van der Waals surface area contributed by atoms with Crippen LogP contribution in [0.4, 0.5) is 0 Å². The summed E-state index contributed by atoms with van der Waals surface area (Å²) in [6, 6.07) is 8.84. The van der Waals surface area contributed by atoms with E-state index in [9.17, 15) is 0 Å². The highest BCUT2D eigenvalue weighted by Gasteiger charge is 2.19. The first-order valence-corrected chi connectivity index (χ1v) is 6.32. The molecule has 1 heterocycles. The molecule has 0 aliphatic carbocycles. The molecule has 0 amide bonds. The van der Waals surface area contributed by atoms with Gasteiger partial charge in [0.15, 0.2) is 0 Å². The van der Waals surface area contributed by atoms with Crippen molar-refractivity contribution in [2.75, 3.05) is 14.2 Å². The summed E-state index contributed by atoms with van der Waals surface area (Å²) < 4.78 is 6.78. The molecule has 0 aliphatic heterocycles. The monoisotopic (exact) mass is 235 g/mol. The van der Waals surface area contributed by atoms with Crippen molar-refractivity contribution < 1.29 is 4.74 Å². The van der Waals surface area contributed by atoms with Gasteiger partial charge in [0.2, 0.25) is 0 Å². The van der Waals surface area contributed by atoms with Crippen molar-refractivity contribution >= 4 is 21.4 Å². The average Bonchev–Trinajstić information content (AvgIpc) is 2.78. The second kappa shape index (κ2) is 4.95. The van der Waals surface area contributed by atoms with E-state index in [2.05, 4.69) is 41.9 Å². The molecular weight excluding hydrogens is 218 g/mol. The van der Waals surface area contributed by atoms with Crippen molar-refractivity contribution in [1.82, 2.24) is 5.32 Å². The Kier molecular flexibility index (Phi) is 3.59. The van der Waals surface area contributed by atoms with Gasteiger partial charge in [-0.3, -0.25) is 0 Å². The van der Waals surface area contributed by atoms with Gasteiger partial charge in [-0.25, -0.2) is 0 Å². The molecule has 1 aromatic carbocycles. The zero-order valence-electron chi connectivity index (χ0n) is 9.86. The molecule has 2 aromatic rings. The van der Waals surface area contributed by atoms with Crippen molar-refractivity contribution in [3.8, 4) is 0 Å². The standard InChI is InChI=1S/C13H17NOS/c1-9(15-3)12(14-2)11-6-4-5-10-7-8-16-13(10)11/h4-9,12,14H,1-3H3. The Morgan fingerprint density at radius 1 is 1.31 bits per heavy atom. The molecule has 1 N–H and O–H groups in total. The number of methoxy groups -OCH3 is 1. The lowest BCUT2D eigenvalue weighted by Gasteiger charge is -2.23. The largest absolute Gasteiger partial charge is 0.380 e. The van der Waals surface area contributed by atoms with E-state index in [-0.39, 0.29) is 12.1 Å². The normalized spacial score (nSPS) is 15.2. The third-order valence-corrected chi connectivity index (χ3v) is 3.98. The Morgan fingerprint density at radius 3 is 2.81 bits per heavy atom. The number of nitrogens with one attached hydrogen (secondary N) is 1. The first-order chi connectivity index (χ1) is 7.77. The molecule has 3 heteroatoms. The number of thiophene rings is 1. The van der Waals surface area contributed by atoms with Crippen LogP contribution in [0, 0.1) is 0 Å². The van der Waals surface area contributed by atoms with Gasteiger partial charge in [0.1, 0.15) is 0 Å². The number of fused-ring (bicyclic) bond motifs is 1. The first kappa shape index (κ1) is 11.6. The lowest BCUT2D eigenvalue weighted by molar-refractivity contribution is 0.0862. The molecule has 2 atom stereocenters. The molecule has 86 valence electrons. The second-order valence-electron chi connectivity index (χ2n) is 3.89.